The third kappa shape index (κ3) is 3.80. The zero-order valence-electron chi connectivity index (χ0n) is 10.3. The van der Waals surface area contributed by atoms with Crippen molar-refractivity contribution in [2.75, 3.05) is 19.6 Å². The summed E-state index contributed by atoms with van der Waals surface area (Å²) < 4.78 is 1.06. The van der Waals surface area contributed by atoms with Crippen molar-refractivity contribution in [3.63, 3.8) is 0 Å². The molecule has 0 spiro atoms. The van der Waals surface area contributed by atoms with Gasteiger partial charge in [-0.1, -0.05) is 35.0 Å². The van der Waals surface area contributed by atoms with Crippen molar-refractivity contribution in [3.05, 3.63) is 34.3 Å². The molecule has 2 nitrogen and oxygen atoms in total. The molecule has 1 heterocycles. The van der Waals surface area contributed by atoms with Gasteiger partial charge in [0, 0.05) is 11.0 Å². The van der Waals surface area contributed by atoms with Gasteiger partial charge in [0.25, 0.3) is 0 Å². The number of hydrogen-bond acceptors (Lipinski definition) is 2. The standard InChI is InChI=1S/C14H20BrNO/c1-11-6-8-16(9-7-11)10-14(17)12-2-4-13(15)5-3-12/h2-5,11,14,17H,6-10H2,1H3. The summed E-state index contributed by atoms with van der Waals surface area (Å²) in [6.45, 7) is 5.31. The van der Waals surface area contributed by atoms with Crippen LogP contribution in [0.4, 0.5) is 0 Å². The maximum atomic E-state index is 10.2. The summed E-state index contributed by atoms with van der Waals surface area (Å²) in [6, 6.07) is 7.94. The van der Waals surface area contributed by atoms with E-state index in [1.807, 2.05) is 24.3 Å². The number of likely N-dealkylation sites (tertiary alicyclic amines) is 1. The van der Waals surface area contributed by atoms with Crippen LogP contribution < -0.4 is 0 Å². The fourth-order valence-corrected chi connectivity index (χ4v) is 2.54. The molecule has 1 saturated heterocycles. The summed E-state index contributed by atoms with van der Waals surface area (Å²) in [7, 11) is 0. The van der Waals surface area contributed by atoms with E-state index in [2.05, 4.69) is 27.8 Å². The number of aliphatic hydroxyl groups excluding tert-OH is 1. The fraction of sp³-hybridized carbons (Fsp3) is 0.571. The zero-order chi connectivity index (χ0) is 12.3. The molecular weight excluding hydrogens is 278 g/mol. The van der Waals surface area contributed by atoms with Crippen molar-refractivity contribution in [2.45, 2.75) is 25.9 Å². The molecule has 0 saturated carbocycles. The number of halogens is 1. The number of nitrogens with zero attached hydrogens (tertiary/aromatic N) is 1. The van der Waals surface area contributed by atoms with E-state index in [1.54, 1.807) is 0 Å². The second kappa shape index (κ2) is 5.98. The lowest BCUT2D eigenvalue weighted by Gasteiger charge is -2.31. The maximum absolute atomic E-state index is 10.2. The van der Waals surface area contributed by atoms with Gasteiger partial charge >= 0.3 is 0 Å². The molecule has 2 rings (SSSR count). The molecule has 0 aromatic heterocycles. The molecule has 1 unspecified atom stereocenters. The molecule has 1 N–H and O–H groups in total. The normalized spacial score (nSPS) is 20.4. The molecule has 1 atom stereocenters. The first kappa shape index (κ1) is 13.1. The first-order chi connectivity index (χ1) is 8.15. The van der Waals surface area contributed by atoms with Crippen molar-refractivity contribution >= 4 is 15.9 Å². The van der Waals surface area contributed by atoms with Gasteiger partial charge in [-0.2, -0.15) is 0 Å². The SMILES string of the molecule is CC1CCN(CC(O)c2ccc(Br)cc2)CC1. The van der Waals surface area contributed by atoms with Crippen molar-refractivity contribution < 1.29 is 5.11 Å². The van der Waals surface area contributed by atoms with E-state index in [1.165, 1.54) is 12.8 Å². The predicted octanol–water partition coefficient (Wildman–Crippen LogP) is 3.21. The molecule has 0 radical (unpaired) electrons. The van der Waals surface area contributed by atoms with Crippen LogP contribution in [0.1, 0.15) is 31.4 Å². The number of piperidine rings is 1. The quantitative estimate of drug-likeness (QED) is 0.926. The van der Waals surface area contributed by atoms with Crippen LogP contribution in [0, 0.1) is 5.92 Å². The van der Waals surface area contributed by atoms with E-state index in [-0.39, 0.29) is 6.10 Å². The van der Waals surface area contributed by atoms with Crippen molar-refractivity contribution in [1.29, 1.82) is 0 Å². The molecule has 1 aliphatic rings. The minimum Gasteiger partial charge on any atom is -0.387 e. The van der Waals surface area contributed by atoms with Crippen molar-refractivity contribution in [1.82, 2.24) is 4.90 Å². The molecule has 94 valence electrons. The molecule has 0 bridgehead atoms. The average molecular weight is 298 g/mol. The molecule has 1 aromatic carbocycles. The minimum atomic E-state index is -0.364. The Balaban J connectivity index is 1.88. The summed E-state index contributed by atoms with van der Waals surface area (Å²) in [5.41, 5.74) is 1.01. The lowest BCUT2D eigenvalue weighted by Crippen LogP contribution is -2.35. The van der Waals surface area contributed by atoms with Crippen molar-refractivity contribution in [3.8, 4) is 0 Å². The van der Waals surface area contributed by atoms with Crippen LogP contribution in [-0.2, 0) is 0 Å². The first-order valence-electron chi connectivity index (χ1n) is 6.31. The van der Waals surface area contributed by atoms with Crippen LogP contribution in [0.25, 0.3) is 0 Å². The fourth-order valence-electron chi connectivity index (χ4n) is 2.28. The van der Waals surface area contributed by atoms with Crippen LogP contribution in [-0.4, -0.2) is 29.6 Å². The third-order valence-corrected chi connectivity index (χ3v) is 4.09. The molecule has 0 amide bonds. The van der Waals surface area contributed by atoms with Gasteiger partial charge in [-0.25, -0.2) is 0 Å². The molecule has 17 heavy (non-hydrogen) atoms. The first-order valence-corrected chi connectivity index (χ1v) is 7.10. The van der Waals surface area contributed by atoms with E-state index >= 15 is 0 Å². The predicted molar refractivity (Wildman–Crippen MR) is 73.9 cm³/mol. The maximum Gasteiger partial charge on any atom is 0.0916 e. The summed E-state index contributed by atoms with van der Waals surface area (Å²) in [4.78, 5) is 2.37. The highest BCUT2D eigenvalue weighted by Gasteiger charge is 2.18. The highest BCUT2D eigenvalue weighted by molar-refractivity contribution is 9.10. The van der Waals surface area contributed by atoms with Gasteiger partial charge in [0.15, 0.2) is 0 Å². The number of β-amino-alcohol motifs (C(OH)–C–C–N with tert-alkyl or cyclic N) is 1. The van der Waals surface area contributed by atoms with Crippen LogP contribution in [0.15, 0.2) is 28.7 Å². The minimum absolute atomic E-state index is 0.364. The monoisotopic (exact) mass is 297 g/mol. The van der Waals surface area contributed by atoms with Gasteiger partial charge in [-0.05, 0) is 49.5 Å². The molecule has 1 aromatic rings. The second-order valence-electron chi connectivity index (χ2n) is 5.05. The summed E-state index contributed by atoms with van der Waals surface area (Å²) in [6.07, 6.45) is 2.15. The Kier molecular flexibility index (Phi) is 4.60. The Morgan fingerprint density at radius 3 is 2.47 bits per heavy atom. The second-order valence-corrected chi connectivity index (χ2v) is 5.97. The van der Waals surface area contributed by atoms with Gasteiger partial charge in [0.1, 0.15) is 0 Å². The Bertz CT molecular complexity index is 344. The molecule has 3 heteroatoms. The summed E-state index contributed by atoms with van der Waals surface area (Å²) >= 11 is 3.41. The average Bonchev–Trinajstić information content (AvgIpc) is 2.33. The van der Waals surface area contributed by atoms with E-state index in [4.69, 9.17) is 0 Å². The Labute approximate surface area is 112 Å². The number of aliphatic hydroxyl groups is 1. The smallest absolute Gasteiger partial charge is 0.0916 e. The van der Waals surface area contributed by atoms with E-state index in [9.17, 15) is 5.11 Å². The lowest BCUT2D eigenvalue weighted by molar-refractivity contribution is 0.0916. The van der Waals surface area contributed by atoms with Crippen LogP contribution in [0.3, 0.4) is 0 Å². The van der Waals surface area contributed by atoms with Gasteiger partial charge in [0.05, 0.1) is 6.10 Å². The van der Waals surface area contributed by atoms with Crippen molar-refractivity contribution in [2.24, 2.45) is 5.92 Å². The summed E-state index contributed by atoms with van der Waals surface area (Å²) in [5.74, 6) is 0.844. The zero-order valence-corrected chi connectivity index (χ0v) is 11.9. The lowest BCUT2D eigenvalue weighted by atomic mass is 9.98. The Morgan fingerprint density at radius 1 is 1.29 bits per heavy atom. The van der Waals surface area contributed by atoms with Gasteiger partial charge < -0.3 is 10.0 Å². The van der Waals surface area contributed by atoms with Gasteiger partial charge in [-0.15, -0.1) is 0 Å². The van der Waals surface area contributed by atoms with Gasteiger partial charge in [-0.3, -0.25) is 0 Å². The van der Waals surface area contributed by atoms with Crippen LogP contribution in [0.2, 0.25) is 0 Å². The van der Waals surface area contributed by atoms with Crippen LogP contribution >= 0.6 is 15.9 Å². The number of benzene rings is 1. The number of rotatable bonds is 3. The largest absolute Gasteiger partial charge is 0.387 e. The third-order valence-electron chi connectivity index (χ3n) is 3.56. The van der Waals surface area contributed by atoms with Gasteiger partial charge in [0.2, 0.25) is 0 Å². The molecular formula is C14H20BrNO. The topological polar surface area (TPSA) is 23.5 Å². The molecule has 1 fully saturated rings. The highest BCUT2D eigenvalue weighted by Crippen LogP contribution is 2.21. The molecule has 0 aliphatic carbocycles. The van der Waals surface area contributed by atoms with E-state index in [0.717, 1.165) is 35.6 Å². The van der Waals surface area contributed by atoms with E-state index in [0.29, 0.717) is 0 Å². The molecule has 1 aliphatic heterocycles. The Hall–Kier alpha value is -0.380. The summed E-state index contributed by atoms with van der Waals surface area (Å²) in [5, 5.41) is 10.2. The van der Waals surface area contributed by atoms with E-state index < -0.39 is 0 Å². The van der Waals surface area contributed by atoms with Crippen LogP contribution in [0.5, 0.6) is 0 Å². The number of hydrogen-bond donors (Lipinski definition) is 1. The Morgan fingerprint density at radius 2 is 1.88 bits per heavy atom. The highest BCUT2D eigenvalue weighted by atomic mass is 79.9.